The van der Waals surface area contributed by atoms with E-state index in [9.17, 15) is 10.1 Å². The SMILES string of the molecule is COc1ccc(-c2csc(N/N=C\c3ccc(Cl)c([N+](=O)[O-])c3)n2)cc1. The fourth-order valence-electron chi connectivity index (χ4n) is 2.13. The Balaban J connectivity index is 1.68. The zero-order chi connectivity index (χ0) is 18.5. The van der Waals surface area contributed by atoms with E-state index in [4.69, 9.17) is 16.3 Å². The van der Waals surface area contributed by atoms with Crippen molar-refractivity contribution in [3.05, 3.63) is 68.5 Å². The Morgan fingerprint density at radius 3 is 2.77 bits per heavy atom. The van der Waals surface area contributed by atoms with Crippen LogP contribution in [0.2, 0.25) is 5.02 Å². The van der Waals surface area contributed by atoms with E-state index >= 15 is 0 Å². The summed E-state index contributed by atoms with van der Waals surface area (Å²) in [5.74, 6) is 0.781. The summed E-state index contributed by atoms with van der Waals surface area (Å²) >= 11 is 7.19. The number of ether oxygens (including phenoxy) is 1. The zero-order valence-corrected chi connectivity index (χ0v) is 15.1. The number of methoxy groups -OCH3 is 1. The third kappa shape index (κ3) is 4.16. The van der Waals surface area contributed by atoms with E-state index in [0.29, 0.717) is 10.7 Å². The molecule has 0 saturated heterocycles. The normalized spacial score (nSPS) is 10.8. The summed E-state index contributed by atoms with van der Waals surface area (Å²) in [4.78, 5) is 14.8. The number of nitrogens with one attached hydrogen (secondary N) is 1. The van der Waals surface area contributed by atoms with E-state index in [1.807, 2.05) is 29.6 Å². The number of nitrogens with zero attached hydrogens (tertiary/aromatic N) is 3. The highest BCUT2D eigenvalue weighted by atomic mass is 35.5. The lowest BCUT2D eigenvalue weighted by Crippen LogP contribution is -1.93. The summed E-state index contributed by atoms with van der Waals surface area (Å²) in [6.45, 7) is 0. The molecule has 2 aromatic carbocycles. The van der Waals surface area contributed by atoms with Crippen LogP contribution in [0.5, 0.6) is 5.75 Å². The van der Waals surface area contributed by atoms with Crippen LogP contribution < -0.4 is 10.2 Å². The summed E-state index contributed by atoms with van der Waals surface area (Å²) in [7, 11) is 1.62. The molecule has 0 spiro atoms. The number of anilines is 1. The predicted octanol–water partition coefficient (Wildman–Crippen LogP) is 4.83. The minimum absolute atomic E-state index is 0.0872. The van der Waals surface area contributed by atoms with Gasteiger partial charge in [-0.15, -0.1) is 11.3 Å². The molecule has 1 aromatic heterocycles. The van der Waals surface area contributed by atoms with Crippen molar-refractivity contribution in [2.45, 2.75) is 0 Å². The van der Waals surface area contributed by atoms with Gasteiger partial charge in [-0.05, 0) is 30.3 Å². The first-order valence-corrected chi connectivity index (χ1v) is 8.65. The number of benzene rings is 2. The number of halogens is 1. The molecule has 3 aromatic rings. The van der Waals surface area contributed by atoms with Crippen molar-refractivity contribution in [1.82, 2.24) is 4.98 Å². The fourth-order valence-corrected chi connectivity index (χ4v) is 2.99. The van der Waals surface area contributed by atoms with Crippen molar-refractivity contribution in [2.75, 3.05) is 12.5 Å². The van der Waals surface area contributed by atoms with Crippen molar-refractivity contribution >= 4 is 40.0 Å². The molecular weight excluding hydrogens is 376 g/mol. The molecule has 0 radical (unpaired) electrons. The molecule has 0 saturated carbocycles. The second kappa shape index (κ2) is 7.94. The molecule has 1 heterocycles. The molecule has 0 bridgehead atoms. The van der Waals surface area contributed by atoms with Crippen molar-refractivity contribution in [1.29, 1.82) is 0 Å². The number of thiazole rings is 1. The number of nitro benzene ring substituents is 1. The molecular formula is C17H13ClN4O3S. The molecule has 0 amide bonds. The third-order valence-electron chi connectivity index (χ3n) is 3.43. The third-order valence-corrected chi connectivity index (χ3v) is 4.50. The second-order valence-electron chi connectivity index (χ2n) is 5.10. The van der Waals surface area contributed by atoms with Gasteiger partial charge in [0.05, 0.1) is 23.9 Å². The first kappa shape index (κ1) is 17.8. The van der Waals surface area contributed by atoms with Gasteiger partial charge in [-0.2, -0.15) is 5.10 Å². The fraction of sp³-hybridized carbons (Fsp3) is 0.0588. The van der Waals surface area contributed by atoms with Gasteiger partial charge in [0.15, 0.2) is 0 Å². The summed E-state index contributed by atoms with van der Waals surface area (Å²) in [5, 5.41) is 17.6. The van der Waals surface area contributed by atoms with Crippen LogP contribution in [0, 0.1) is 10.1 Å². The van der Waals surface area contributed by atoms with Crippen LogP contribution in [0.1, 0.15) is 5.56 Å². The van der Waals surface area contributed by atoms with E-state index in [1.165, 1.54) is 29.7 Å². The Hall–Kier alpha value is -2.97. The lowest BCUT2D eigenvalue weighted by Gasteiger charge is -2.00. The number of nitro groups is 1. The van der Waals surface area contributed by atoms with Crippen LogP contribution in [-0.2, 0) is 0 Å². The Bertz CT molecular complexity index is 957. The van der Waals surface area contributed by atoms with Crippen LogP contribution in [0.3, 0.4) is 0 Å². The van der Waals surface area contributed by atoms with Crippen molar-refractivity contribution < 1.29 is 9.66 Å². The molecule has 132 valence electrons. The molecule has 0 fully saturated rings. The molecule has 26 heavy (non-hydrogen) atoms. The Morgan fingerprint density at radius 2 is 2.08 bits per heavy atom. The maximum absolute atomic E-state index is 10.9. The molecule has 0 aliphatic heterocycles. The monoisotopic (exact) mass is 388 g/mol. The molecule has 0 aliphatic rings. The van der Waals surface area contributed by atoms with Crippen LogP contribution in [0.15, 0.2) is 52.9 Å². The average Bonchev–Trinajstić information content (AvgIpc) is 3.12. The molecule has 0 unspecified atom stereocenters. The molecule has 1 N–H and O–H groups in total. The number of aromatic nitrogens is 1. The van der Waals surface area contributed by atoms with Crippen LogP contribution >= 0.6 is 22.9 Å². The smallest absolute Gasteiger partial charge is 0.288 e. The van der Waals surface area contributed by atoms with Crippen LogP contribution in [0.4, 0.5) is 10.8 Å². The Labute approximate surface area is 158 Å². The van der Waals surface area contributed by atoms with Crippen molar-refractivity contribution in [3.63, 3.8) is 0 Å². The minimum Gasteiger partial charge on any atom is -0.497 e. The Kier molecular flexibility index (Phi) is 5.45. The predicted molar refractivity (Wildman–Crippen MR) is 103 cm³/mol. The second-order valence-corrected chi connectivity index (χ2v) is 6.37. The minimum atomic E-state index is -0.533. The van der Waals surface area contributed by atoms with Gasteiger partial charge < -0.3 is 4.74 Å². The van der Waals surface area contributed by atoms with Crippen molar-refractivity contribution in [3.8, 4) is 17.0 Å². The van der Waals surface area contributed by atoms with Gasteiger partial charge in [-0.3, -0.25) is 15.5 Å². The highest BCUT2D eigenvalue weighted by Crippen LogP contribution is 2.27. The van der Waals surface area contributed by atoms with Crippen LogP contribution in [0.25, 0.3) is 11.3 Å². The van der Waals surface area contributed by atoms with Gasteiger partial charge in [-0.25, -0.2) is 4.98 Å². The maximum Gasteiger partial charge on any atom is 0.288 e. The number of hydrogen-bond donors (Lipinski definition) is 1. The lowest BCUT2D eigenvalue weighted by atomic mass is 10.2. The molecule has 9 heteroatoms. The van der Waals surface area contributed by atoms with E-state index in [1.54, 1.807) is 13.2 Å². The van der Waals surface area contributed by atoms with E-state index in [-0.39, 0.29) is 10.7 Å². The first-order chi connectivity index (χ1) is 12.6. The summed E-state index contributed by atoms with van der Waals surface area (Å²) < 4.78 is 5.14. The highest BCUT2D eigenvalue weighted by molar-refractivity contribution is 7.14. The van der Waals surface area contributed by atoms with E-state index in [0.717, 1.165) is 17.0 Å². The molecule has 0 aliphatic carbocycles. The van der Waals surface area contributed by atoms with Crippen LogP contribution in [-0.4, -0.2) is 23.2 Å². The van der Waals surface area contributed by atoms with E-state index in [2.05, 4.69) is 15.5 Å². The topological polar surface area (TPSA) is 89.6 Å². The Morgan fingerprint density at radius 1 is 1.31 bits per heavy atom. The van der Waals surface area contributed by atoms with Crippen molar-refractivity contribution in [2.24, 2.45) is 5.10 Å². The lowest BCUT2D eigenvalue weighted by molar-refractivity contribution is -0.384. The van der Waals surface area contributed by atoms with Gasteiger partial charge >= 0.3 is 0 Å². The first-order valence-electron chi connectivity index (χ1n) is 7.40. The average molecular weight is 389 g/mol. The number of hydrazone groups is 1. The van der Waals surface area contributed by atoms with Gasteiger partial charge in [0.2, 0.25) is 5.13 Å². The van der Waals surface area contributed by atoms with Gasteiger partial charge in [-0.1, -0.05) is 17.7 Å². The summed E-state index contributed by atoms with van der Waals surface area (Å²) in [6, 6.07) is 12.1. The van der Waals surface area contributed by atoms with Gasteiger partial charge in [0.25, 0.3) is 5.69 Å². The summed E-state index contributed by atoms with van der Waals surface area (Å²) in [6.07, 6.45) is 1.47. The molecule has 3 rings (SSSR count). The zero-order valence-electron chi connectivity index (χ0n) is 13.5. The van der Waals surface area contributed by atoms with E-state index < -0.39 is 4.92 Å². The summed E-state index contributed by atoms with van der Waals surface area (Å²) in [5.41, 5.74) is 5.00. The quantitative estimate of drug-likeness (QED) is 0.371. The highest BCUT2D eigenvalue weighted by Gasteiger charge is 2.11. The van der Waals surface area contributed by atoms with Gasteiger partial charge in [0.1, 0.15) is 10.8 Å². The maximum atomic E-state index is 10.9. The molecule has 7 nitrogen and oxygen atoms in total. The number of hydrogen-bond acceptors (Lipinski definition) is 7. The number of rotatable bonds is 6. The van der Waals surface area contributed by atoms with Gasteiger partial charge in [0, 0.05) is 22.6 Å². The largest absolute Gasteiger partial charge is 0.497 e. The standard InChI is InChI=1S/C17H13ClN4O3S/c1-25-13-5-3-12(4-6-13)15-10-26-17(20-15)21-19-9-11-2-7-14(18)16(8-11)22(23)24/h2-10H,1H3,(H,20,21)/b19-9-. The molecule has 0 atom stereocenters.